The second-order valence-electron chi connectivity index (χ2n) is 6.92. The number of rotatable bonds is 4. The molecule has 0 aliphatic heterocycles. The van der Waals surface area contributed by atoms with Crippen molar-refractivity contribution in [1.82, 2.24) is 5.48 Å². The largest absolute Gasteiger partial charge is 0.481 e. The predicted octanol–water partition coefficient (Wildman–Crippen LogP) is 2.59. The number of carboxylic acids is 1. The summed E-state index contributed by atoms with van der Waals surface area (Å²) in [6.45, 7) is 8.74. The van der Waals surface area contributed by atoms with Crippen LogP contribution < -0.4 is 5.48 Å². The number of hydrogen-bond donors (Lipinski definition) is 2. The molecule has 2 N–H and O–H groups in total. The summed E-state index contributed by atoms with van der Waals surface area (Å²) in [6, 6.07) is 0. The Morgan fingerprint density at radius 3 is 2.00 bits per heavy atom. The van der Waals surface area contributed by atoms with Crippen molar-refractivity contribution >= 4 is 5.97 Å². The molecule has 0 spiro atoms. The van der Waals surface area contributed by atoms with Gasteiger partial charge >= 0.3 is 5.97 Å². The molecule has 0 atom stereocenters. The van der Waals surface area contributed by atoms with Crippen LogP contribution in [0.15, 0.2) is 0 Å². The van der Waals surface area contributed by atoms with Crippen molar-refractivity contribution in [2.45, 2.75) is 59.0 Å². The average molecular weight is 243 g/mol. The fourth-order valence-electron chi connectivity index (χ4n) is 3.95. The number of hydrogen-bond acceptors (Lipinski definition) is 3. The molecule has 0 aromatic carbocycles. The summed E-state index contributed by atoms with van der Waals surface area (Å²) >= 11 is 0. The molecule has 0 unspecified atom stereocenters. The van der Waals surface area contributed by atoms with Gasteiger partial charge in [0.15, 0.2) is 0 Å². The number of hydroxylamine groups is 1. The van der Waals surface area contributed by atoms with Gasteiger partial charge in [0.2, 0.25) is 0 Å². The Morgan fingerprint density at radius 1 is 1.18 bits per heavy atom. The van der Waals surface area contributed by atoms with E-state index in [0.29, 0.717) is 0 Å². The van der Waals surface area contributed by atoms with E-state index in [1.165, 1.54) is 0 Å². The van der Waals surface area contributed by atoms with E-state index in [1.54, 1.807) is 7.05 Å². The Balaban J connectivity index is 2.98. The van der Waals surface area contributed by atoms with E-state index < -0.39 is 11.6 Å². The van der Waals surface area contributed by atoms with Crippen LogP contribution in [0, 0.1) is 10.8 Å². The monoisotopic (exact) mass is 243 g/mol. The van der Waals surface area contributed by atoms with Crippen molar-refractivity contribution in [1.29, 1.82) is 0 Å². The lowest BCUT2D eigenvalue weighted by molar-refractivity contribution is -0.180. The van der Waals surface area contributed by atoms with Gasteiger partial charge in [0.25, 0.3) is 0 Å². The molecule has 0 saturated heterocycles. The van der Waals surface area contributed by atoms with Gasteiger partial charge < -0.3 is 5.11 Å². The molecule has 1 rings (SSSR count). The van der Waals surface area contributed by atoms with Crippen LogP contribution in [0.2, 0.25) is 0 Å². The van der Waals surface area contributed by atoms with Crippen LogP contribution >= 0.6 is 0 Å². The minimum Gasteiger partial charge on any atom is -0.481 e. The minimum atomic E-state index is -0.797. The summed E-state index contributed by atoms with van der Waals surface area (Å²) in [5, 5.41) is 9.09. The predicted molar refractivity (Wildman–Crippen MR) is 66.5 cm³/mol. The van der Waals surface area contributed by atoms with Crippen molar-refractivity contribution in [2.75, 3.05) is 7.05 Å². The van der Waals surface area contributed by atoms with Gasteiger partial charge in [-0.15, -0.1) is 0 Å². The fraction of sp³-hybridized carbons (Fsp3) is 0.923. The zero-order chi connectivity index (χ0) is 13.3. The summed E-state index contributed by atoms with van der Waals surface area (Å²) < 4.78 is 0. The SMILES string of the molecule is CNOC1(CC(=O)O)CC(C)(C)CC(C)(C)C1. The highest BCUT2D eigenvalue weighted by Crippen LogP contribution is 2.52. The van der Waals surface area contributed by atoms with Gasteiger partial charge in [-0.1, -0.05) is 27.7 Å². The van der Waals surface area contributed by atoms with Crippen molar-refractivity contribution < 1.29 is 14.7 Å². The van der Waals surface area contributed by atoms with Crippen LogP contribution in [0.1, 0.15) is 53.4 Å². The molecule has 1 saturated carbocycles. The third kappa shape index (κ3) is 3.96. The Bertz CT molecular complexity index is 281. The Morgan fingerprint density at radius 2 is 1.65 bits per heavy atom. The second-order valence-corrected chi connectivity index (χ2v) is 6.92. The van der Waals surface area contributed by atoms with Gasteiger partial charge in [0.05, 0.1) is 6.42 Å². The zero-order valence-electron chi connectivity index (χ0n) is 11.6. The molecule has 0 radical (unpaired) electrons. The van der Waals surface area contributed by atoms with E-state index >= 15 is 0 Å². The first-order valence-corrected chi connectivity index (χ1v) is 6.16. The first-order chi connectivity index (χ1) is 7.60. The standard InChI is InChI=1S/C13H25NO3/c1-11(2)7-12(3,4)9-13(8-11,17-14-5)6-10(15)16/h14H,6-9H2,1-5H3,(H,15,16). The molecular weight excluding hydrogens is 218 g/mol. The maximum Gasteiger partial charge on any atom is 0.306 e. The van der Waals surface area contributed by atoms with Crippen LogP contribution in [-0.4, -0.2) is 23.7 Å². The van der Waals surface area contributed by atoms with E-state index in [9.17, 15) is 4.79 Å². The summed E-state index contributed by atoms with van der Waals surface area (Å²) in [4.78, 5) is 16.7. The molecule has 4 nitrogen and oxygen atoms in total. The molecule has 1 aliphatic rings. The van der Waals surface area contributed by atoms with E-state index in [0.717, 1.165) is 19.3 Å². The summed E-state index contributed by atoms with van der Waals surface area (Å²) in [6.07, 6.45) is 2.70. The van der Waals surface area contributed by atoms with Crippen LogP contribution in [0.4, 0.5) is 0 Å². The lowest BCUT2D eigenvalue weighted by Crippen LogP contribution is -2.50. The van der Waals surface area contributed by atoms with Gasteiger partial charge in [-0.25, -0.2) is 5.48 Å². The fourth-order valence-corrected chi connectivity index (χ4v) is 3.95. The molecule has 1 fully saturated rings. The highest BCUT2D eigenvalue weighted by molar-refractivity contribution is 5.68. The van der Waals surface area contributed by atoms with Gasteiger partial charge in [-0.05, 0) is 30.1 Å². The second kappa shape index (κ2) is 4.58. The van der Waals surface area contributed by atoms with Gasteiger partial charge in [-0.2, -0.15) is 0 Å². The Labute approximate surface area is 104 Å². The molecule has 17 heavy (non-hydrogen) atoms. The molecule has 0 bridgehead atoms. The first-order valence-electron chi connectivity index (χ1n) is 6.16. The van der Waals surface area contributed by atoms with Gasteiger partial charge in [0, 0.05) is 7.05 Å². The van der Waals surface area contributed by atoms with Crippen molar-refractivity contribution in [3.63, 3.8) is 0 Å². The van der Waals surface area contributed by atoms with Crippen molar-refractivity contribution in [3.05, 3.63) is 0 Å². The van der Waals surface area contributed by atoms with Crippen molar-refractivity contribution in [2.24, 2.45) is 10.8 Å². The summed E-state index contributed by atoms with van der Waals surface area (Å²) in [5.74, 6) is -0.797. The van der Waals surface area contributed by atoms with E-state index in [4.69, 9.17) is 9.94 Å². The minimum absolute atomic E-state index is 0.0562. The number of nitrogens with one attached hydrogen (secondary N) is 1. The molecule has 100 valence electrons. The first kappa shape index (κ1) is 14.5. The Kier molecular flexibility index (Phi) is 3.89. The number of aliphatic carboxylic acids is 1. The van der Waals surface area contributed by atoms with Crippen LogP contribution in [0.3, 0.4) is 0 Å². The summed E-state index contributed by atoms with van der Waals surface area (Å²) in [7, 11) is 1.69. The van der Waals surface area contributed by atoms with E-state index in [1.807, 2.05) is 0 Å². The molecule has 4 heteroatoms. The van der Waals surface area contributed by atoms with Gasteiger partial charge in [-0.3, -0.25) is 9.63 Å². The molecule has 0 heterocycles. The lowest BCUT2D eigenvalue weighted by Gasteiger charge is -2.50. The van der Waals surface area contributed by atoms with Crippen LogP contribution in [0.25, 0.3) is 0 Å². The highest BCUT2D eigenvalue weighted by atomic mass is 16.7. The molecule has 0 aromatic heterocycles. The Hall–Kier alpha value is -0.610. The van der Waals surface area contributed by atoms with Crippen molar-refractivity contribution in [3.8, 4) is 0 Å². The van der Waals surface area contributed by atoms with E-state index in [2.05, 4.69) is 33.2 Å². The third-order valence-electron chi connectivity index (χ3n) is 3.35. The number of carboxylic acid groups (broad SMARTS) is 1. The molecule has 0 aromatic rings. The molecule has 0 amide bonds. The maximum atomic E-state index is 11.1. The smallest absolute Gasteiger partial charge is 0.306 e. The lowest BCUT2D eigenvalue weighted by atomic mass is 9.59. The topological polar surface area (TPSA) is 58.6 Å². The molecule has 1 aliphatic carbocycles. The highest BCUT2D eigenvalue weighted by Gasteiger charge is 2.49. The normalized spacial score (nSPS) is 25.5. The third-order valence-corrected chi connectivity index (χ3v) is 3.35. The van der Waals surface area contributed by atoms with Crippen LogP contribution in [-0.2, 0) is 9.63 Å². The van der Waals surface area contributed by atoms with E-state index in [-0.39, 0.29) is 17.3 Å². The molecular formula is C13H25NO3. The zero-order valence-corrected chi connectivity index (χ0v) is 11.6. The summed E-state index contributed by atoms with van der Waals surface area (Å²) in [5.41, 5.74) is 2.31. The average Bonchev–Trinajstić information content (AvgIpc) is 1.93. The van der Waals surface area contributed by atoms with Crippen LogP contribution in [0.5, 0.6) is 0 Å². The number of carbonyl (C=O) groups is 1. The maximum absolute atomic E-state index is 11.1. The van der Waals surface area contributed by atoms with Gasteiger partial charge in [0.1, 0.15) is 5.60 Å². The quantitative estimate of drug-likeness (QED) is 0.745.